The average molecular weight is 330 g/mol. The van der Waals surface area contributed by atoms with E-state index in [0.29, 0.717) is 29.4 Å². The highest BCUT2D eigenvalue weighted by Gasteiger charge is 2.23. The molecule has 1 atom stereocenters. The lowest BCUT2D eigenvalue weighted by Crippen LogP contribution is -2.32. The molecule has 2 aromatic rings. The molecule has 3 rings (SSSR count). The number of methoxy groups -OCH3 is 1. The van der Waals surface area contributed by atoms with Crippen LogP contribution in [0.5, 0.6) is 0 Å². The first-order chi connectivity index (χ1) is 11.8. The van der Waals surface area contributed by atoms with Crippen LogP contribution in [0.15, 0.2) is 24.3 Å². The maximum atomic E-state index is 12.5. The van der Waals surface area contributed by atoms with Crippen LogP contribution in [0, 0.1) is 5.92 Å². The number of likely N-dealkylation sites (tertiary alicyclic amines) is 1. The number of nitrogens with zero attached hydrogens (tertiary/aromatic N) is 4. The summed E-state index contributed by atoms with van der Waals surface area (Å²) >= 11 is 0. The first kappa shape index (κ1) is 16.5. The van der Waals surface area contributed by atoms with E-state index >= 15 is 0 Å². The Morgan fingerprint density at radius 2 is 2.33 bits per heavy atom. The smallest absolute Gasteiger partial charge is 0.252 e. The number of ether oxygens (including phenoxy) is 1. The second-order valence-corrected chi connectivity index (χ2v) is 5.94. The number of nitrogens with one attached hydrogen (secondary N) is 2. The molecular formula is C16H22N6O2. The second kappa shape index (κ2) is 7.98. The van der Waals surface area contributed by atoms with E-state index in [1.54, 1.807) is 13.2 Å². The molecule has 0 bridgehead atoms. The van der Waals surface area contributed by atoms with Crippen molar-refractivity contribution in [1.29, 1.82) is 0 Å². The third-order valence-corrected chi connectivity index (χ3v) is 4.29. The van der Waals surface area contributed by atoms with Crippen LogP contribution < -0.4 is 5.32 Å². The van der Waals surface area contributed by atoms with Gasteiger partial charge in [-0.3, -0.25) is 4.79 Å². The minimum Gasteiger partial charge on any atom is -0.383 e. The van der Waals surface area contributed by atoms with Crippen LogP contribution in [0.3, 0.4) is 0 Å². The van der Waals surface area contributed by atoms with Gasteiger partial charge in [-0.1, -0.05) is 18.2 Å². The van der Waals surface area contributed by atoms with Crippen molar-refractivity contribution in [2.45, 2.75) is 6.42 Å². The molecule has 1 amide bonds. The number of aromatic nitrogens is 4. The molecule has 1 aliphatic heterocycles. The zero-order valence-corrected chi connectivity index (χ0v) is 13.7. The number of carbonyl (C=O) groups excluding carboxylic acids is 1. The lowest BCUT2D eigenvalue weighted by atomic mass is 10.1. The Balaban J connectivity index is 1.57. The van der Waals surface area contributed by atoms with Gasteiger partial charge in [-0.25, -0.2) is 0 Å². The Morgan fingerprint density at radius 3 is 3.12 bits per heavy atom. The molecule has 8 nitrogen and oxygen atoms in total. The lowest BCUT2D eigenvalue weighted by Gasteiger charge is -2.16. The van der Waals surface area contributed by atoms with Crippen molar-refractivity contribution >= 4 is 5.91 Å². The Kier molecular flexibility index (Phi) is 5.50. The molecule has 0 radical (unpaired) electrons. The number of benzene rings is 1. The molecule has 1 saturated heterocycles. The Labute approximate surface area is 140 Å². The third-order valence-electron chi connectivity index (χ3n) is 4.29. The van der Waals surface area contributed by atoms with E-state index < -0.39 is 0 Å². The highest BCUT2D eigenvalue weighted by atomic mass is 16.5. The van der Waals surface area contributed by atoms with Crippen LogP contribution in [0.25, 0.3) is 11.4 Å². The Morgan fingerprint density at radius 1 is 1.46 bits per heavy atom. The van der Waals surface area contributed by atoms with Crippen LogP contribution in [0.4, 0.5) is 0 Å². The molecule has 24 heavy (non-hydrogen) atoms. The molecule has 2 heterocycles. The van der Waals surface area contributed by atoms with Crippen molar-refractivity contribution in [2.75, 3.05) is 39.9 Å². The minimum atomic E-state index is -0.106. The van der Waals surface area contributed by atoms with Gasteiger partial charge in [0.1, 0.15) is 0 Å². The van der Waals surface area contributed by atoms with Gasteiger partial charge in [0, 0.05) is 32.3 Å². The highest BCUT2D eigenvalue weighted by Crippen LogP contribution is 2.19. The highest BCUT2D eigenvalue weighted by molar-refractivity contribution is 6.00. The number of hydrogen-bond acceptors (Lipinski definition) is 6. The average Bonchev–Trinajstić information content (AvgIpc) is 3.29. The molecule has 2 N–H and O–H groups in total. The summed E-state index contributed by atoms with van der Waals surface area (Å²) in [4.78, 5) is 14.9. The molecule has 1 fully saturated rings. The van der Waals surface area contributed by atoms with Crippen molar-refractivity contribution < 1.29 is 9.53 Å². The molecule has 128 valence electrons. The predicted octanol–water partition coefficient (Wildman–Crippen LogP) is 0.565. The number of tetrazole rings is 1. The van der Waals surface area contributed by atoms with Crippen LogP contribution in [0.2, 0.25) is 0 Å². The van der Waals surface area contributed by atoms with E-state index in [1.807, 2.05) is 18.2 Å². The van der Waals surface area contributed by atoms with Crippen LogP contribution in [-0.2, 0) is 4.74 Å². The fourth-order valence-electron chi connectivity index (χ4n) is 2.99. The summed E-state index contributed by atoms with van der Waals surface area (Å²) in [5, 5.41) is 16.9. The number of rotatable bonds is 7. The fourth-order valence-corrected chi connectivity index (χ4v) is 2.99. The van der Waals surface area contributed by atoms with Crippen molar-refractivity contribution in [1.82, 2.24) is 30.8 Å². The number of carbonyl (C=O) groups is 1. The quantitative estimate of drug-likeness (QED) is 0.770. The van der Waals surface area contributed by atoms with Gasteiger partial charge in [-0.15, -0.1) is 10.2 Å². The van der Waals surface area contributed by atoms with Crippen LogP contribution in [0.1, 0.15) is 16.8 Å². The summed E-state index contributed by atoms with van der Waals surface area (Å²) in [6, 6.07) is 7.29. The summed E-state index contributed by atoms with van der Waals surface area (Å²) in [7, 11) is 1.72. The minimum absolute atomic E-state index is 0.106. The van der Waals surface area contributed by atoms with Gasteiger partial charge in [-0.05, 0) is 30.2 Å². The molecule has 1 aliphatic rings. The summed E-state index contributed by atoms with van der Waals surface area (Å²) < 4.78 is 5.11. The monoisotopic (exact) mass is 330 g/mol. The normalized spacial score (nSPS) is 18.0. The maximum absolute atomic E-state index is 12.5. The van der Waals surface area contributed by atoms with Crippen molar-refractivity contribution in [3.63, 3.8) is 0 Å². The van der Waals surface area contributed by atoms with Crippen molar-refractivity contribution in [3.05, 3.63) is 29.8 Å². The fraction of sp³-hybridized carbons (Fsp3) is 0.500. The van der Waals surface area contributed by atoms with E-state index in [9.17, 15) is 4.79 Å². The Bertz CT molecular complexity index is 660. The molecule has 0 spiro atoms. The SMILES string of the molecule is COCCN1CCC(CNC(=O)c2ccccc2-c2nn[nH]n2)C1. The maximum Gasteiger partial charge on any atom is 0.252 e. The molecule has 1 aromatic carbocycles. The van der Waals surface area contributed by atoms with Gasteiger partial charge in [0.25, 0.3) is 5.91 Å². The molecular weight excluding hydrogens is 308 g/mol. The van der Waals surface area contributed by atoms with E-state index in [4.69, 9.17) is 4.74 Å². The van der Waals surface area contributed by atoms with Gasteiger partial charge in [-0.2, -0.15) is 5.21 Å². The molecule has 1 aromatic heterocycles. The van der Waals surface area contributed by atoms with Crippen LogP contribution >= 0.6 is 0 Å². The number of H-pyrrole nitrogens is 1. The van der Waals surface area contributed by atoms with Gasteiger partial charge in [0.05, 0.1) is 12.2 Å². The van der Waals surface area contributed by atoms with E-state index in [1.165, 1.54) is 0 Å². The third kappa shape index (κ3) is 3.95. The summed E-state index contributed by atoms with van der Waals surface area (Å²) in [6.45, 7) is 4.42. The molecule has 0 aliphatic carbocycles. The first-order valence-electron chi connectivity index (χ1n) is 8.10. The Hall–Kier alpha value is -2.32. The van der Waals surface area contributed by atoms with E-state index in [0.717, 1.165) is 32.7 Å². The number of amides is 1. The number of aromatic amines is 1. The summed E-state index contributed by atoms with van der Waals surface area (Å²) in [5.41, 5.74) is 1.24. The largest absolute Gasteiger partial charge is 0.383 e. The predicted molar refractivity (Wildman–Crippen MR) is 88.4 cm³/mol. The zero-order valence-electron chi connectivity index (χ0n) is 13.7. The van der Waals surface area contributed by atoms with Crippen molar-refractivity contribution in [3.8, 4) is 11.4 Å². The van der Waals surface area contributed by atoms with E-state index in [2.05, 4.69) is 30.8 Å². The number of hydrogen-bond donors (Lipinski definition) is 2. The van der Waals surface area contributed by atoms with Crippen LogP contribution in [-0.4, -0.2) is 71.3 Å². The first-order valence-corrected chi connectivity index (χ1v) is 8.10. The molecule has 1 unspecified atom stereocenters. The van der Waals surface area contributed by atoms with Gasteiger partial charge in [0.15, 0.2) is 0 Å². The standard InChI is InChI=1S/C16H22N6O2/c1-24-9-8-22-7-6-12(11-22)10-17-16(23)14-5-3-2-4-13(14)15-18-20-21-19-15/h2-5,12H,6-11H2,1H3,(H,17,23)(H,18,19,20,21). The lowest BCUT2D eigenvalue weighted by molar-refractivity contribution is 0.0947. The summed E-state index contributed by atoms with van der Waals surface area (Å²) in [5.74, 6) is 0.793. The van der Waals surface area contributed by atoms with Gasteiger partial charge in [0.2, 0.25) is 5.82 Å². The zero-order chi connectivity index (χ0) is 16.8. The van der Waals surface area contributed by atoms with Crippen molar-refractivity contribution in [2.24, 2.45) is 5.92 Å². The summed E-state index contributed by atoms with van der Waals surface area (Å²) in [6.07, 6.45) is 1.09. The second-order valence-electron chi connectivity index (χ2n) is 5.94. The van der Waals surface area contributed by atoms with E-state index in [-0.39, 0.29) is 5.91 Å². The van der Waals surface area contributed by atoms with Gasteiger partial charge < -0.3 is 15.0 Å². The van der Waals surface area contributed by atoms with Gasteiger partial charge >= 0.3 is 0 Å². The molecule has 0 saturated carbocycles. The molecule has 8 heteroatoms. The topological polar surface area (TPSA) is 96.0 Å².